The van der Waals surface area contributed by atoms with Crippen LogP contribution in [0.25, 0.3) is 0 Å². The molecule has 0 saturated carbocycles. The highest BCUT2D eigenvalue weighted by molar-refractivity contribution is 4.85. The predicted molar refractivity (Wildman–Crippen MR) is 59.2 cm³/mol. The molecule has 0 N–H and O–H groups in total. The molecule has 0 aromatic rings. The molecule has 0 amide bonds. The van der Waals surface area contributed by atoms with Crippen molar-refractivity contribution in [2.45, 2.75) is 46.1 Å². The average Bonchev–Trinajstić information content (AvgIpc) is 2.18. The molecule has 1 fully saturated rings. The van der Waals surface area contributed by atoms with Crippen LogP contribution in [0.15, 0.2) is 0 Å². The minimum atomic E-state index is -0.248. The lowest BCUT2D eigenvalue weighted by Gasteiger charge is -2.42. The quantitative estimate of drug-likeness (QED) is 0.678. The molecule has 84 valence electrons. The number of nitrogens with zero attached hydrogens (tertiary/aromatic N) is 1. The van der Waals surface area contributed by atoms with E-state index in [1.807, 2.05) is 13.8 Å². The van der Waals surface area contributed by atoms with Gasteiger partial charge in [0.25, 0.3) is 0 Å². The normalized spacial score (nSPS) is 21.9. The van der Waals surface area contributed by atoms with Gasteiger partial charge in [0.1, 0.15) is 6.67 Å². The minimum Gasteiger partial charge on any atom is -0.296 e. The molecule has 0 aliphatic carbocycles. The summed E-state index contributed by atoms with van der Waals surface area (Å²) >= 11 is 0. The van der Waals surface area contributed by atoms with Crippen molar-refractivity contribution in [3.8, 4) is 0 Å². The molecular formula is C12H24FN. The van der Waals surface area contributed by atoms with E-state index < -0.39 is 0 Å². The van der Waals surface area contributed by atoms with Crippen molar-refractivity contribution in [1.82, 2.24) is 4.90 Å². The van der Waals surface area contributed by atoms with Gasteiger partial charge in [-0.15, -0.1) is 0 Å². The molecule has 0 unspecified atom stereocenters. The number of likely N-dealkylation sites (tertiary alicyclic amines) is 1. The lowest BCUT2D eigenvalue weighted by atomic mass is 9.85. The number of halogens is 1. The van der Waals surface area contributed by atoms with Crippen molar-refractivity contribution >= 4 is 0 Å². The fourth-order valence-corrected chi connectivity index (χ4v) is 2.26. The van der Waals surface area contributed by atoms with E-state index in [2.05, 4.69) is 18.7 Å². The van der Waals surface area contributed by atoms with E-state index in [0.29, 0.717) is 0 Å². The van der Waals surface area contributed by atoms with Gasteiger partial charge in [-0.3, -0.25) is 4.90 Å². The molecule has 0 atom stereocenters. The van der Waals surface area contributed by atoms with Gasteiger partial charge in [-0.1, -0.05) is 13.8 Å². The van der Waals surface area contributed by atoms with Crippen molar-refractivity contribution < 1.29 is 4.39 Å². The Bertz CT molecular complexity index is 169. The Morgan fingerprint density at radius 2 is 1.79 bits per heavy atom. The van der Waals surface area contributed by atoms with Gasteiger partial charge < -0.3 is 0 Å². The highest BCUT2D eigenvalue weighted by Gasteiger charge is 2.31. The zero-order valence-electron chi connectivity index (χ0n) is 10.0. The van der Waals surface area contributed by atoms with E-state index in [1.54, 1.807) is 0 Å². The standard InChI is InChI=1S/C12H24FN/c1-10(2)11-5-7-14(8-6-11)12(3,4)9-13/h10-11H,5-9H2,1-4H3. The topological polar surface area (TPSA) is 3.24 Å². The lowest BCUT2D eigenvalue weighted by Crippen LogP contribution is -2.50. The van der Waals surface area contributed by atoms with Crippen molar-refractivity contribution in [3.05, 3.63) is 0 Å². The fourth-order valence-electron chi connectivity index (χ4n) is 2.26. The molecule has 2 heteroatoms. The number of hydrogen-bond donors (Lipinski definition) is 0. The van der Waals surface area contributed by atoms with Crippen LogP contribution in [0, 0.1) is 11.8 Å². The molecule has 0 aromatic heterocycles. The molecule has 1 aliphatic heterocycles. The van der Waals surface area contributed by atoms with Crippen molar-refractivity contribution in [3.63, 3.8) is 0 Å². The van der Waals surface area contributed by atoms with Crippen LogP contribution < -0.4 is 0 Å². The maximum Gasteiger partial charge on any atom is 0.107 e. The summed E-state index contributed by atoms with van der Waals surface area (Å²) in [5.74, 6) is 1.63. The molecule has 1 nitrogen and oxygen atoms in total. The second kappa shape index (κ2) is 4.61. The van der Waals surface area contributed by atoms with Gasteiger partial charge in [0.2, 0.25) is 0 Å². The summed E-state index contributed by atoms with van der Waals surface area (Å²) in [5, 5.41) is 0. The van der Waals surface area contributed by atoms with Gasteiger partial charge >= 0.3 is 0 Å². The highest BCUT2D eigenvalue weighted by Crippen LogP contribution is 2.28. The first kappa shape index (κ1) is 12.0. The van der Waals surface area contributed by atoms with Gasteiger partial charge in [-0.05, 0) is 51.6 Å². The van der Waals surface area contributed by atoms with E-state index in [-0.39, 0.29) is 12.2 Å². The Kier molecular flexibility index (Phi) is 3.94. The third-order valence-electron chi connectivity index (χ3n) is 3.67. The third kappa shape index (κ3) is 2.69. The Morgan fingerprint density at radius 3 is 2.14 bits per heavy atom. The van der Waals surface area contributed by atoms with Crippen LogP contribution in [-0.2, 0) is 0 Å². The molecule has 0 radical (unpaired) electrons. The van der Waals surface area contributed by atoms with Gasteiger partial charge in [0, 0.05) is 5.54 Å². The summed E-state index contributed by atoms with van der Waals surface area (Å²) in [7, 11) is 0. The van der Waals surface area contributed by atoms with Gasteiger partial charge in [0.05, 0.1) is 0 Å². The monoisotopic (exact) mass is 201 g/mol. The van der Waals surface area contributed by atoms with E-state index in [1.165, 1.54) is 12.8 Å². The van der Waals surface area contributed by atoms with Crippen LogP contribution in [-0.4, -0.2) is 30.2 Å². The van der Waals surface area contributed by atoms with Crippen LogP contribution >= 0.6 is 0 Å². The molecule has 1 heterocycles. The molecule has 1 saturated heterocycles. The number of alkyl halides is 1. The first-order valence-electron chi connectivity index (χ1n) is 5.78. The zero-order valence-corrected chi connectivity index (χ0v) is 10.0. The molecule has 14 heavy (non-hydrogen) atoms. The average molecular weight is 201 g/mol. The smallest absolute Gasteiger partial charge is 0.107 e. The summed E-state index contributed by atoms with van der Waals surface area (Å²) in [6.07, 6.45) is 2.47. The van der Waals surface area contributed by atoms with E-state index in [4.69, 9.17) is 0 Å². The van der Waals surface area contributed by atoms with Crippen molar-refractivity contribution in [1.29, 1.82) is 0 Å². The summed E-state index contributed by atoms with van der Waals surface area (Å²) in [6, 6.07) is 0. The van der Waals surface area contributed by atoms with Crippen LogP contribution in [0.4, 0.5) is 4.39 Å². The molecule has 1 rings (SSSR count). The predicted octanol–water partition coefficient (Wildman–Crippen LogP) is 3.10. The van der Waals surface area contributed by atoms with E-state index in [0.717, 1.165) is 24.9 Å². The van der Waals surface area contributed by atoms with Crippen molar-refractivity contribution in [2.75, 3.05) is 19.8 Å². The maximum absolute atomic E-state index is 12.8. The summed E-state index contributed by atoms with van der Waals surface area (Å²) < 4.78 is 12.8. The van der Waals surface area contributed by atoms with E-state index >= 15 is 0 Å². The Hall–Kier alpha value is -0.110. The summed E-state index contributed by atoms with van der Waals surface area (Å²) in [6.45, 7) is 10.5. The second-order valence-electron chi connectivity index (χ2n) is 5.51. The van der Waals surface area contributed by atoms with Gasteiger partial charge in [0.15, 0.2) is 0 Å². The van der Waals surface area contributed by atoms with Crippen LogP contribution in [0.3, 0.4) is 0 Å². The maximum atomic E-state index is 12.8. The lowest BCUT2D eigenvalue weighted by molar-refractivity contribution is 0.0470. The first-order chi connectivity index (χ1) is 6.47. The minimum absolute atomic E-state index is 0.237. The Balaban J connectivity index is 2.43. The largest absolute Gasteiger partial charge is 0.296 e. The van der Waals surface area contributed by atoms with Crippen LogP contribution in [0.5, 0.6) is 0 Å². The van der Waals surface area contributed by atoms with Crippen LogP contribution in [0.2, 0.25) is 0 Å². The zero-order chi connectivity index (χ0) is 10.8. The van der Waals surface area contributed by atoms with Gasteiger partial charge in [-0.25, -0.2) is 4.39 Å². The van der Waals surface area contributed by atoms with Crippen molar-refractivity contribution in [2.24, 2.45) is 11.8 Å². The number of piperidine rings is 1. The molecule has 1 aliphatic rings. The summed E-state index contributed by atoms with van der Waals surface area (Å²) in [5.41, 5.74) is -0.248. The highest BCUT2D eigenvalue weighted by atomic mass is 19.1. The SMILES string of the molecule is CC(C)C1CCN(C(C)(C)CF)CC1. The Morgan fingerprint density at radius 1 is 1.29 bits per heavy atom. The van der Waals surface area contributed by atoms with Crippen LogP contribution in [0.1, 0.15) is 40.5 Å². The molecule has 0 aromatic carbocycles. The first-order valence-corrected chi connectivity index (χ1v) is 5.78. The second-order valence-corrected chi connectivity index (χ2v) is 5.51. The molecule has 0 spiro atoms. The third-order valence-corrected chi connectivity index (χ3v) is 3.67. The molecule has 0 bridgehead atoms. The number of rotatable bonds is 3. The van der Waals surface area contributed by atoms with E-state index in [9.17, 15) is 4.39 Å². The fraction of sp³-hybridized carbons (Fsp3) is 1.00. The van der Waals surface area contributed by atoms with Gasteiger partial charge in [-0.2, -0.15) is 0 Å². The number of hydrogen-bond acceptors (Lipinski definition) is 1. The molecular weight excluding hydrogens is 177 g/mol. The Labute approximate surface area is 87.7 Å². The summed E-state index contributed by atoms with van der Waals surface area (Å²) in [4.78, 5) is 2.30.